The Bertz CT molecular complexity index is 373. The molecular weight excluding hydrogens is 224 g/mol. The van der Waals surface area contributed by atoms with Crippen molar-refractivity contribution in [2.75, 3.05) is 0 Å². The summed E-state index contributed by atoms with van der Waals surface area (Å²) in [4.78, 5) is 15.7. The van der Waals surface area contributed by atoms with Crippen LogP contribution in [0.2, 0.25) is 4.47 Å². The van der Waals surface area contributed by atoms with Gasteiger partial charge in [-0.2, -0.15) is 0 Å². The molecule has 1 aromatic rings. The topological polar surface area (TPSA) is 76.2 Å². The molecule has 0 atom stereocenters. The van der Waals surface area contributed by atoms with E-state index >= 15 is 0 Å². The van der Waals surface area contributed by atoms with Crippen molar-refractivity contribution in [1.82, 2.24) is 4.98 Å². The van der Waals surface area contributed by atoms with E-state index in [1.165, 1.54) is 17.5 Å². The van der Waals surface area contributed by atoms with Crippen molar-refractivity contribution in [3.8, 4) is 0 Å². The summed E-state index contributed by atoms with van der Waals surface area (Å²) < 4.78 is 0.376. The van der Waals surface area contributed by atoms with Crippen molar-refractivity contribution in [3.05, 3.63) is 15.5 Å². The van der Waals surface area contributed by atoms with Crippen LogP contribution >= 0.6 is 22.9 Å². The summed E-state index contributed by atoms with van der Waals surface area (Å²) in [5.41, 5.74) is 4.79. The summed E-state index contributed by atoms with van der Waals surface area (Å²) in [6.45, 7) is 0. The van der Waals surface area contributed by atoms with Crippen LogP contribution in [0.3, 0.4) is 0 Å². The van der Waals surface area contributed by atoms with Crippen molar-refractivity contribution < 1.29 is 9.90 Å². The van der Waals surface area contributed by atoms with E-state index in [9.17, 15) is 4.79 Å². The van der Waals surface area contributed by atoms with Gasteiger partial charge in [-0.15, -0.1) is 11.3 Å². The van der Waals surface area contributed by atoms with Crippen LogP contribution in [-0.4, -0.2) is 22.1 Å². The summed E-state index contributed by atoms with van der Waals surface area (Å²) in [5.74, 6) is -0.834. The van der Waals surface area contributed by atoms with Crippen LogP contribution in [0.1, 0.15) is 17.7 Å². The molecule has 4 nitrogen and oxygen atoms in total. The van der Waals surface area contributed by atoms with Crippen molar-refractivity contribution in [1.29, 1.82) is 0 Å². The minimum atomic E-state index is -0.834. The molecule has 2 rings (SSSR count). The van der Waals surface area contributed by atoms with Gasteiger partial charge in [0.25, 0.3) is 0 Å². The number of hydrogen-bond acceptors (Lipinski definition) is 4. The lowest BCUT2D eigenvalue weighted by Crippen LogP contribution is -2.53. The number of nitrogens with two attached hydrogens (primary N) is 1. The Labute approximate surface area is 89.7 Å². The Morgan fingerprint density at radius 3 is 2.79 bits per heavy atom. The average molecular weight is 233 g/mol. The van der Waals surface area contributed by atoms with Gasteiger partial charge in [-0.1, -0.05) is 11.6 Å². The fourth-order valence-corrected chi connectivity index (χ4v) is 2.93. The monoisotopic (exact) mass is 232 g/mol. The molecule has 0 unspecified atom stereocenters. The number of carbonyl (C=O) groups is 1. The Balaban J connectivity index is 2.34. The molecular formula is C8H9ClN2O2S. The minimum absolute atomic E-state index is 0.0213. The van der Waals surface area contributed by atoms with Crippen molar-refractivity contribution >= 4 is 28.9 Å². The van der Waals surface area contributed by atoms with Gasteiger partial charge in [-0.25, -0.2) is 4.98 Å². The lowest BCUT2D eigenvalue weighted by molar-refractivity contribution is -0.148. The van der Waals surface area contributed by atoms with Crippen LogP contribution in [0, 0.1) is 0 Å². The van der Waals surface area contributed by atoms with E-state index in [2.05, 4.69) is 4.98 Å². The molecule has 76 valence electrons. The molecule has 14 heavy (non-hydrogen) atoms. The molecule has 0 aromatic carbocycles. The lowest BCUT2D eigenvalue weighted by atomic mass is 9.65. The number of aliphatic carboxylic acids is 1. The molecule has 0 bridgehead atoms. The molecule has 0 spiro atoms. The molecule has 1 aromatic heterocycles. The van der Waals surface area contributed by atoms with E-state index in [0.717, 1.165) is 0 Å². The van der Waals surface area contributed by atoms with Gasteiger partial charge in [0.1, 0.15) is 5.41 Å². The summed E-state index contributed by atoms with van der Waals surface area (Å²) in [6, 6.07) is -0.0213. The first-order valence-corrected chi connectivity index (χ1v) is 5.35. The minimum Gasteiger partial charge on any atom is -0.481 e. The van der Waals surface area contributed by atoms with Crippen molar-refractivity contribution in [2.45, 2.75) is 24.3 Å². The first-order chi connectivity index (χ1) is 6.54. The first kappa shape index (κ1) is 9.89. The molecule has 0 aliphatic heterocycles. The quantitative estimate of drug-likeness (QED) is 0.805. The second kappa shape index (κ2) is 3.18. The Kier molecular flexibility index (Phi) is 2.25. The molecule has 0 saturated heterocycles. The van der Waals surface area contributed by atoms with Gasteiger partial charge >= 0.3 is 5.97 Å². The van der Waals surface area contributed by atoms with Gasteiger partial charge in [0.2, 0.25) is 0 Å². The van der Waals surface area contributed by atoms with Gasteiger partial charge in [-0.3, -0.25) is 4.79 Å². The highest BCUT2D eigenvalue weighted by molar-refractivity contribution is 7.16. The highest BCUT2D eigenvalue weighted by atomic mass is 35.5. The maximum absolute atomic E-state index is 11.1. The van der Waals surface area contributed by atoms with E-state index in [0.29, 0.717) is 22.2 Å². The van der Waals surface area contributed by atoms with E-state index in [4.69, 9.17) is 22.4 Å². The number of halogens is 1. The molecule has 1 aliphatic rings. The summed E-state index contributed by atoms with van der Waals surface area (Å²) in [5, 5.41) is 9.14. The predicted molar refractivity (Wildman–Crippen MR) is 53.6 cm³/mol. The van der Waals surface area contributed by atoms with E-state index < -0.39 is 11.4 Å². The summed E-state index contributed by atoms with van der Waals surface area (Å²) in [6.07, 6.45) is 2.48. The zero-order valence-corrected chi connectivity index (χ0v) is 8.81. The third kappa shape index (κ3) is 1.32. The Morgan fingerprint density at radius 1 is 1.79 bits per heavy atom. The van der Waals surface area contributed by atoms with Crippen molar-refractivity contribution in [3.63, 3.8) is 0 Å². The molecule has 6 heteroatoms. The molecule has 1 aliphatic carbocycles. The fourth-order valence-electron chi connectivity index (χ4n) is 1.79. The molecule has 1 saturated carbocycles. The van der Waals surface area contributed by atoms with Gasteiger partial charge in [0, 0.05) is 17.1 Å². The third-order valence-electron chi connectivity index (χ3n) is 2.58. The van der Waals surface area contributed by atoms with Crippen LogP contribution < -0.4 is 5.73 Å². The first-order valence-electron chi connectivity index (χ1n) is 4.15. The smallest absolute Gasteiger partial charge is 0.315 e. The zero-order chi connectivity index (χ0) is 10.3. The number of aromatic nitrogens is 1. The summed E-state index contributed by atoms with van der Waals surface area (Å²) in [7, 11) is 0. The van der Waals surface area contributed by atoms with E-state index in [1.807, 2.05) is 0 Å². The Morgan fingerprint density at radius 2 is 2.43 bits per heavy atom. The van der Waals surface area contributed by atoms with Gasteiger partial charge in [0.05, 0.1) is 0 Å². The second-order valence-electron chi connectivity index (χ2n) is 3.53. The third-order valence-corrected chi connectivity index (χ3v) is 3.90. The van der Waals surface area contributed by atoms with Gasteiger partial charge in [-0.05, 0) is 12.8 Å². The van der Waals surface area contributed by atoms with Gasteiger partial charge in [0.15, 0.2) is 4.47 Å². The molecule has 0 radical (unpaired) electrons. The molecule has 1 heterocycles. The van der Waals surface area contributed by atoms with Gasteiger partial charge < -0.3 is 10.8 Å². The highest BCUT2D eigenvalue weighted by Crippen LogP contribution is 2.45. The zero-order valence-electron chi connectivity index (χ0n) is 7.24. The van der Waals surface area contributed by atoms with Crippen LogP contribution in [-0.2, 0) is 10.2 Å². The number of carboxylic acids is 1. The van der Waals surface area contributed by atoms with Crippen LogP contribution in [0.5, 0.6) is 0 Å². The normalized spacial score (nSPS) is 31.1. The predicted octanol–water partition coefficient (Wildman–Crippen LogP) is 1.24. The average Bonchev–Trinajstić information content (AvgIpc) is 2.45. The summed E-state index contributed by atoms with van der Waals surface area (Å²) >= 11 is 6.89. The van der Waals surface area contributed by atoms with E-state index in [-0.39, 0.29) is 6.04 Å². The van der Waals surface area contributed by atoms with Crippen LogP contribution in [0.4, 0.5) is 0 Å². The van der Waals surface area contributed by atoms with Crippen molar-refractivity contribution in [2.24, 2.45) is 5.73 Å². The number of nitrogens with zero attached hydrogens (tertiary/aromatic N) is 1. The Hall–Kier alpha value is -0.650. The van der Waals surface area contributed by atoms with Crippen LogP contribution in [0.15, 0.2) is 6.20 Å². The maximum atomic E-state index is 11.1. The van der Waals surface area contributed by atoms with E-state index in [1.54, 1.807) is 0 Å². The number of thiazole rings is 1. The largest absolute Gasteiger partial charge is 0.481 e. The number of rotatable bonds is 2. The second-order valence-corrected chi connectivity index (χ2v) is 5.15. The SMILES string of the molecule is NC1CC(C(=O)O)(c2cnc(Cl)s2)C1. The highest BCUT2D eigenvalue weighted by Gasteiger charge is 2.51. The maximum Gasteiger partial charge on any atom is 0.315 e. The molecule has 1 fully saturated rings. The molecule has 3 N–H and O–H groups in total. The molecule has 0 amide bonds. The number of carboxylic acid groups (broad SMARTS) is 1. The standard InChI is InChI=1S/C8H9ClN2O2S/c9-7-11-3-5(14-7)8(6(12)13)1-4(10)2-8/h3-4H,1-2,10H2,(H,12,13). The van der Waals surface area contributed by atoms with Crippen LogP contribution in [0.25, 0.3) is 0 Å². The fraction of sp³-hybridized carbons (Fsp3) is 0.500. The number of hydrogen-bond donors (Lipinski definition) is 2. The lowest BCUT2D eigenvalue weighted by Gasteiger charge is -2.41.